The maximum atomic E-state index is 11.8. The second-order valence-electron chi connectivity index (χ2n) is 6.27. The van der Waals surface area contributed by atoms with E-state index < -0.39 is 5.60 Å². The molecule has 1 fully saturated rings. The molecule has 2 rings (SSSR count). The first-order valence-corrected chi connectivity index (χ1v) is 7.23. The summed E-state index contributed by atoms with van der Waals surface area (Å²) in [5.41, 5.74) is 0.765. The monoisotopic (exact) mass is 276 g/mol. The average Bonchev–Trinajstić information content (AvgIpc) is 2.38. The highest BCUT2D eigenvalue weighted by Gasteiger charge is 2.24. The van der Waals surface area contributed by atoms with Crippen LogP contribution in [0.4, 0.5) is 10.5 Å². The molecule has 1 atom stereocenters. The zero-order valence-corrected chi connectivity index (χ0v) is 12.6. The molecule has 1 amide bonds. The van der Waals surface area contributed by atoms with E-state index >= 15 is 0 Å². The van der Waals surface area contributed by atoms with Crippen molar-refractivity contribution in [1.29, 1.82) is 0 Å². The molecule has 20 heavy (non-hydrogen) atoms. The molecular weight excluding hydrogens is 252 g/mol. The molecule has 1 aromatic rings. The summed E-state index contributed by atoms with van der Waals surface area (Å²) in [5.74, 6) is 0. The van der Waals surface area contributed by atoms with Gasteiger partial charge in [0.05, 0.1) is 0 Å². The van der Waals surface area contributed by atoms with Crippen molar-refractivity contribution in [3.05, 3.63) is 30.3 Å². The predicted octanol–water partition coefficient (Wildman–Crippen LogP) is 3.18. The molecule has 1 N–H and O–H groups in total. The average molecular weight is 276 g/mol. The van der Waals surface area contributed by atoms with Crippen LogP contribution in [-0.2, 0) is 4.74 Å². The summed E-state index contributed by atoms with van der Waals surface area (Å²) >= 11 is 0. The van der Waals surface area contributed by atoms with E-state index in [9.17, 15) is 4.79 Å². The lowest BCUT2D eigenvalue weighted by molar-refractivity contribution is 0.0500. The minimum Gasteiger partial charge on any atom is -0.444 e. The third kappa shape index (κ3) is 4.44. The van der Waals surface area contributed by atoms with Gasteiger partial charge in [-0.3, -0.25) is 0 Å². The fourth-order valence-electron chi connectivity index (χ4n) is 2.44. The number of para-hydroxylation sites is 1. The standard InChI is InChI=1S/C16H24N2O2/c1-16(2,3)20-15(19)17-13-8-7-11-18(12-13)14-9-5-4-6-10-14/h4-6,9-10,13H,7-8,11-12H2,1-3H3,(H,17,19). The summed E-state index contributed by atoms with van der Waals surface area (Å²) in [7, 11) is 0. The molecule has 0 radical (unpaired) electrons. The molecule has 4 nitrogen and oxygen atoms in total. The predicted molar refractivity (Wildman–Crippen MR) is 81.0 cm³/mol. The van der Waals surface area contributed by atoms with Crippen LogP contribution in [0.1, 0.15) is 33.6 Å². The lowest BCUT2D eigenvalue weighted by atomic mass is 10.1. The Kier molecular flexibility index (Phi) is 4.53. The van der Waals surface area contributed by atoms with Crippen LogP contribution in [-0.4, -0.2) is 30.8 Å². The first-order valence-electron chi connectivity index (χ1n) is 7.23. The molecular formula is C16H24N2O2. The molecule has 4 heteroatoms. The van der Waals surface area contributed by atoms with Crippen molar-refractivity contribution >= 4 is 11.8 Å². The van der Waals surface area contributed by atoms with Gasteiger partial charge in [0.15, 0.2) is 0 Å². The third-order valence-corrected chi connectivity index (χ3v) is 3.26. The molecule has 110 valence electrons. The van der Waals surface area contributed by atoms with Crippen molar-refractivity contribution in [1.82, 2.24) is 5.32 Å². The number of carbonyl (C=O) groups excluding carboxylic acids is 1. The highest BCUT2D eigenvalue weighted by atomic mass is 16.6. The van der Waals surface area contributed by atoms with Crippen molar-refractivity contribution in [2.75, 3.05) is 18.0 Å². The topological polar surface area (TPSA) is 41.6 Å². The Labute approximate surface area is 121 Å². The number of nitrogens with zero attached hydrogens (tertiary/aromatic N) is 1. The number of anilines is 1. The Hall–Kier alpha value is -1.71. The van der Waals surface area contributed by atoms with E-state index in [0.29, 0.717) is 0 Å². The summed E-state index contributed by atoms with van der Waals surface area (Å²) in [5, 5.41) is 2.97. The van der Waals surface area contributed by atoms with Crippen LogP contribution < -0.4 is 10.2 Å². The zero-order chi connectivity index (χ0) is 14.6. The van der Waals surface area contributed by atoms with Gasteiger partial charge in [-0.15, -0.1) is 0 Å². The lowest BCUT2D eigenvalue weighted by Crippen LogP contribution is -2.49. The second kappa shape index (κ2) is 6.16. The summed E-state index contributed by atoms with van der Waals surface area (Å²) in [6, 6.07) is 10.5. The Morgan fingerprint density at radius 1 is 1.30 bits per heavy atom. The van der Waals surface area contributed by atoms with Crippen LogP contribution in [0.2, 0.25) is 0 Å². The number of amides is 1. The Morgan fingerprint density at radius 2 is 2.00 bits per heavy atom. The highest BCUT2D eigenvalue weighted by Crippen LogP contribution is 2.19. The summed E-state index contributed by atoms with van der Waals surface area (Å²) in [6.45, 7) is 7.51. The number of carbonyl (C=O) groups is 1. The third-order valence-electron chi connectivity index (χ3n) is 3.26. The van der Waals surface area contributed by atoms with Crippen LogP contribution in [0.3, 0.4) is 0 Å². The highest BCUT2D eigenvalue weighted by molar-refractivity contribution is 5.68. The van der Waals surface area contributed by atoms with E-state index in [-0.39, 0.29) is 12.1 Å². The molecule has 0 aliphatic carbocycles. The van der Waals surface area contributed by atoms with Crippen LogP contribution in [0.5, 0.6) is 0 Å². The van der Waals surface area contributed by atoms with Crippen LogP contribution in [0, 0.1) is 0 Å². The number of benzene rings is 1. The molecule has 1 aromatic carbocycles. The van der Waals surface area contributed by atoms with Crippen molar-refractivity contribution in [2.45, 2.75) is 45.3 Å². The van der Waals surface area contributed by atoms with Gasteiger partial charge in [0.1, 0.15) is 5.60 Å². The molecule has 1 aliphatic rings. The Morgan fingerprint density at radius 3 is 2.65 bits per heavy atom. The number of nitrogens with one attached hydrogen (secondary N) is 1. The first kappa shape index (κ1) is 14.7. The van der Waals surface area contributed by atoms with Gasteiger partial charge in [-0.05, 0) is 45.7 Å². The van der Waals surface area contributed by atoms with Crippen molar-refractivity contribution in [2.24, 2.45) is 0 Å². The minimum absolute atomic E-state index is 0.152. The van der Waals surface area contributed by atoms with Gasteiger partial charge in [-0.1, -0.05) is 18.2 Å². The van der Waals surface area contributed by atoms with Gasteiger partial charge in [0.25, 0.3) is 0 Å². The molecule has 1 saturated heterocycles. The van der Waals surface area contributed by atoms with Crippen molar-refractivity contribution < 1.29 is 9.53 Å². The van der Waals surface area contributed by atoms with Crippen LogP contribution >= 0.6 is 0 Å². The fraction of sp³-hybridized carbons (Fsp3) is 0.562. The molecule has 1 aliphatic heterocycles. The number of rotatable bonds is 2. The SMILES string of the molecule is CC(C)(C)OC(=O)NC1CCCN(c2ccccc2)C1. The lowest BCUT2D eigenvalue weighted by Gasteiger charge is -2.35. The summed E-state index contributed by atoms with van der Waals surface area (Å²) in [6.07, 6.45) is 1.76. The van der Waals surface area contributed by atoms with Crippen molar-refractivity contribution in [3.63, 3.8) is 0 Å². The Bertz CT molecular complexity index is 440. The van der Waals surface area contributed by atoms with Crippen molar-refractivity contribution in [3.8, 4) is 0 Å². The second-order valence-corrected chi connectivity index (χ2v) is 6.27. The number of hydrogen-bond acceptors (Lipinski definition) is 3. The van der Waals surface area contributed by atoms with Gasteiger partial charge >= 0.3 is 6.09 Å². The van der Waals surface area contributed by atoms with E-state index in [1.54, 1.807) is 0 Å². The van der Waals surface area contributed by atoms with Gasteiger partial charge in [0.2, 0.25) is 0 Å². The van der Waals surface area contributed by atoms with E-state index in [1.165, 1.54) is 5.69 Å². The first-order chi connectivity index (χ1) is 9.44. The number of piperidine rings is 1. The van der Waals surface area contributed by atoms with E-state index in [4.69, 9.17) is 4.74 Å². The maximum absolute atomic E-state index is 11.8. The molecule has 1 heterocycles. The summed E-state index contributed by atoms with van der Waals surface area (Å²) in [4.78, 5) is 14.1. The minimum atomic E-state index is -0.447. The largest absolute Gasteiger partial charge is 0.444 e. The van der Waals surface area contributed by atoms with Gasteiger partial charge in [-0.25, -0.2) is 4.79 Å². The van der Waals surface area contributed by atoms with Crippen LogP contribution in [0.15, 0.2) is 30.3 Å². The Balaban J connectivity index is 1.89. The molecule has 0 saturated carbocycles. The molecule has 1 unspecified atom stereocenters. The van der Waals surface area contributed by atoms with E-state index in [0.717, 1.165) is 25.9 Å². The molecule has 0 bridgehead atoms. The van der Waals surface area contributed by atoms with Gasteiger partial charge < -0.3 is 15.0 Å². The quantitative estimate of drug-likeness (QED) is 0.902. The van der Waals surface area contributed by atoms with E-state index in [1.807, 2.05) is 39.0 Å². The fourth-order valence-corrected chi connectivity index (χ4v) is 2.44. The van der Waals surface area contributed by atoms with Gasteiger partial charge in [-0.2, -0.15) is 0 Å². The normalized spacial score (nSPS) is 19.6. The summed E-state index contributed by atoms with van der Waals surface area (Å²) < 4.78 is 5.31. The van der Waals surface area contributed by atoms with E-state index in [2.05, 4.69) is 22.3 Å². The zero-order valence-electron chi connectivity index (χ0n) is 12.6. The number of ether oxygens (including phenoxy) is 1. The molecule has 0 spiro atoms. The number of alkyl carbamates (subject to hydrolysis) is 1. The smallest absolute Gasteiger partial charge is 0.407 e. The molecule has 0 aromatic heterocycles. The van der Waals surface area contributed by atoms with Crippen LogP contribution in [0.25, 0.3) is 0 Å². The van der Waals surface area contributed by atoms with Gasteiger partial charge in [0, 0.05) is 24.8 Å². The number of hydrogen-bond donors (Lipinski definition) is 1. The maximum Gasteiger partial charge on any atom is 0.407 e.